The van der Waals surface area contributed by atoms with Crippen molar-refractivity contribution in [3.8, 4) is 5.75 Å². The van der Waals surface area contributed by atoms with Crippen molar-refractivity contribution in [2.75, 3.05) is 7.11 Å². The summed E-state index contributed by atoms with van der Waals surface area (Å²) in [4.78, 5) is 33.8. The van der Waals surface area contributed by atoms with E-state index in [0.717, 1.165) is 6.07 Å². The van der Waals surface area contributed by atoms with Crippen molar-refractivity contribution in [1.82, 2.24) is 10.9 Å². The highest BCUT2D eigenvalue weighted by Gasteiger charge is 2.11. The van der Waals surface area contributed by atoms with Crippen LogP contribution in [0.15, 0.2) is 54.6 Å². The Hall–Kier alpha value is -3.68. The molecule has 0 unspecified atom stereocenters. The van der Waals surface area contributed by atoms with Gasteiger partial charge < -0.3 is 4.74 Å². The number of carbonyl (C=O) groups is 2. The monoisotopic (exact) mass is 341 g/mol. The van der Waals surface area contributed by atoms with E-state index < -0.39 is 16.7 Å². The van der Waals surface area contributed by atoms with Gasteiger partial charge in [-0.2, -0.15) is 0 Å². The smallest absolute Gasteiger partial charge is 0.270 e. The lowest BCUT2D eigenvalue weighted by Gasteiger charge is -2.06. The van der Waals surface area contributed by atoms with Crippen molar-refractivity contribution in [3.63, 3.8) is 0 Å². The van der Waals surface area contributed by atoms with Crippen molar-refractivity contribution in [2.45, 2.75) is 0 Å². The van der Waals surface area contributed by atoms with Crippen LogP contribution in [0.25, 0.3) is 6.08 Å². The molecule has 0 aromatic heterocycles. The third-order valence-corrected chi connectivity index (χ3v) is 3.17. The lowest BCUT2D eigenvalue weighted by Crippen LogP contribution is -2.40. The molecule has 0 aliphatic rings. The number of benzene rings is 2. The fraction of sp³-hybridized carbons (Fsp3) is 0.0588. The summed E-state index contributed by atoms with van der Waals surface area (Å²) in [5, 5.41) is 10.7. The Morgan fingerprint density at radius 3 is 2.60 bits per heavy atom. The Labute approximate surface area is 143 Å². The maximum Gasteiger partial charge on any atom is 0.270 e. The molecular weight excluding hydrogens is 326 g/mol. The van der Waals surface area contributed by atoms with Crippen molar-refractivity contribution in [3.05, 3.63) is 75.8 Å². The maximum absolute atomic E-state index is 11.9. The van der Waals surface area contributed by atoms with Gasteiger partial charge in [-0.15, -0.1) is 0 Å². The SMILES string of the molecule is COc1ccccc1C=CC(=O)NNC(=O)c1cccc([N+](=O)[O-])c1. The number of hydrogen-bond acceptors (Lipinski definition) is 5. The molecule has 0 aliphatic heterocycles. The molecule has 2 N–H and O–H groups in total. The summed E-state index contributed by atoms with van der Waals surface area (Å²) in [6.45, 7) is 0. The predicted molar refractivity (Wildman–Crippen MR) is 90.7 cm³/mol. The van der Waals surface area contributed by atoms with E-state index in [4.69, 9.17) is 4.74 Å². The second-order valence-corrected chi connectivity index (χ2v) is 4.83. The second kappa shape index (κ2) is 8.25. The summed E-state index contributed by atoms with van der Waals surface area (Å²) in [6, 6.07) is 12.3. The molecule has 0 aliphatic carbocycles. The third kappa shape index (κ3) is 4.90. The normalized spacial score (nSPS) is 10.3. The Morgan fingerprint density at radius 1 is 1.12 bits per heavy atom. The minimum atomic E-state index is -0.664. The fourth-order valence-corrected chi connectivity index (χ4v) is 1.96. The molecule has 2 aromatic rings. The quantitative estimate of drug-likeness (QED) is 0.491. The number of non-ortho nitro benzene ring substituents is 1. The third-order valence-electron chi connectivity index (χ3n) is 3.17. The number of methoxy groups -OCH3 is 1. The topological polar surface area (TPSA) is 111 Å². The Balaban J connectivity index is 1.95. The molecule has 0 spiro atoms. The van der Waals surface area contributed by atoms with E-state index in [9.17, 15) is 19.7 Å². The molecule has 8 heteroatoms. The molecule has 0 radical (unpaired) electrons. The number of hydrazine groups is 1. The standard InChI is InChI=1S/C17H15N3O5/c1-25-15-8-3-2-5-12(15)9-10-16(21)18-19-17(22)13-6-4-7-14(11-13)20(23)24/h2-11H,1H3,(H,18,21)(H,19,22). The number of amides is 2. The number of para-hydroxylation sites is 1. The van der Waals surface area contributed by atoms with E-state index in [1.165, 1.54) is 37.5 Å². The molecule has 2 rings (SSSR count). The van der Waals surface area contributed by atoms with Crippen molar-refractivity contribution in [2.24, 2.45) is 0 Å². The number of carbonyl (C=O) groups excluding carboxylic acids is 2. The average Bonchev–Trinajstić information content (AvgIpc) is 2.64. The van der Waals surface area contributed by atoms with Crippen LogP contribution in [0.4, 0.5) is 5.69 Å². The Bertz CT molecular complexity index is 833. The molecule has 0 saturated carbocycles. The summed E-state index contributed by atoms with van der Waals surface area (Å²) in [5.41, 5.74) is 4.93. The van der Waals surface area contributed by atoms with Crippen molar-refractivity contribution in [1.29, 1.82) is 0 Å². The zero-order valence-corrected chi connectivity index (χ0v) is 13.3. The van der Waals surface area contributed by atoms with Gasteiger partial charge in [-0.25, -0.2) is 0 Å². The molecule has 0 atom stereocenters. The van der Waals surface area contributed by atoms with E-state index in [1.54, 1.807) is 24.3 Å². The first-order chi connectivity index (χ1) is 12.0. The molecule has 25 heavy (non-hydrogen) atoms. The molecule has 2 amide bonds. The van der Waals surface area contributed by atoms with Gasteiger partial charge in [-0.05, 0) is 18.2 Å². The van der Waals surface area contributed by atoms with E-state index in [-0.39, 0.29) is 11.3 Å². The van der Waals surface area contributed by atoms with Gasteiger partial charge in [0.1, 0.15) is 5.75 Å². The predicted octanol–water partition coefficient (Wildman–Crippen LogP) is 2.08. The highest BCUT2D eigenvalue weighted by atomic mass is 16.6. The van der Waals surface area contributed by atoms with Crippen molar-refractivity contribution < 1.29 is 19.2 Å². The van der Waals surface area contributed by atoms with Crippen LogP contribution >= 0.6 is 0 Å². The minimum Gasteiger partial charge on any atom is -0.496 e. The van der Waals surface area contributed by atoms with Crippen LogP contribution in [0.5, 0.6) is 5.75 Å². The zero-order valence-electron chi connectivity index (χ0n) is 13.3. The fourth-order valence-electron chi connectivity index (χ4n) is 1.96. The van der Waals surface area contributed by atoms with Gasteiger partial charge in [-0.1, -0.05) is 24.3 Å². The van der Waals surface area contributed by atoms with Crippen LogP contribution < -0.4 is 15.6 Å². The molecule has 0 fully saturated rings. The second-order valence-electron chi connectivity index (χ2n) is 4.83. The number of nitrogens with zero attached hydrogens (tertiary/aromatic N) is 1. The summed E-state index contributed by atoms with van der Waals surface area (Å²) in [7, 11) is 1.52. The maximum atomic E-state index is 11.9. The van der Waals surface area contributed by atoms with Crippen LogP contribution in [-0.4, -0.2) is 23.8 Å². The first kappa shape index (κ1) is 17.7. The van der Waals surface area contributed by atoms with Crippen LogP contribution in [-0.2, 0) is 4.79 Å². The van der Waals surface area contributed by atoms with E-state index >= 15 is 0 Å². The van der Waals surface area contributed by atoms with Crippen LogP contribution in [0.3, 0.4) is 0 Å². The molecule has 0 bridgehead atoms. The van der Waals surface area contributed by atoms with Crippen molar-refractivity contribution >= 4 is 23.6 Å². The van der Waals surface area contributed by atoms with Gasteiger partial charge in [0.15, 0.2) is 0 Å². The van der Waals surface area contributed by atoms with E-state index in [1.807, 2.05) is 0 Å². The Morgan fingerprint density at radius 2 is 1.88 bits per heavy atom. The molecule has 128 valence electrons. The van der Waals surface area contributed by atoms with Crippen LogP contribution in [0, 0.1) is 10.1 Å². The average molecular weight is 341 g/mol. The first-order valence-electron chi connectivity index (χ1n) is 7.17. The summed E-state index contributed by atoms with van der Waals surface area (Å²) in [6.07, 6.45) is 2.76. The number of nitro benzene ring substituents is 1. The number of nitro groups is 1. The largest absolute Gasteiger partial charge is 0.496 e. The lowest BCUT2D eigenvalue weighted by molar-refractivity contribution is -0.384. The molecule has 2 aromatic carbocycles. The molecule has 8 nitrogen and oxygen atoms in total. The summed E-state index contributed by atoms with van der Waals surface area (Å²) < 4.78 is 5.16. The summed E-state index contributed by atoms with van der Waals surface area (Å²) in [5.74, 6) is -0.625. The summed E-state index contributed by atoms with van der Waals surface area (Å²) >= 11 is 0. The molecular formula is C17H15N3O5. The van der Waals surface area contributed by atoms with E-state index in [2.05, 4.69) is 10.9 Å². The lowest BCUT2D eigenvalue weighted by atomic mass is 10.2. The first-order valence-corrected chi connectivity index (χ1v) is 7.17. The number of rotatable bonds is 5. The highest BCUT2D eigenvalue weighted by molar-refractivity contribution is 5.98. The number of ether oxygens (including phenoxy) is 1. The Kier molecular flexibility index (Phi) is 5.83. The van der Waals surface area contributed by atoms with Gasteiger partial charge in [-0.3, -0.25) is 30.6 Å². The molecule has 0 saturated heterocycles. The molecule has 0 heterocycles. The van der Waals surface area contributed by atoms with Gasteiger partial charge in [0.2, 0.25) is 0 Å². The van der Waals surface area contributed by atoms with Gasteiger partial charge in [0, 0.05) is 29.3 Å². The number of hydrogen-bond donors (Lipinski definition) is 2. The minimum absolute atomic E-state index is 0.0585. The van der Waals surface area contributed by atoms with Gasteiger partial charge in [0.25, 0.3) is 17.5 Å². The van der Waals surface area contributed by atoms with Crippen LogP contribution in [0.1, 0.15) is 15.9 Å². The highest BCUT2D eigenvalue weighted by Crippen LogP contribution is 2.18. The zero-order chi connectivity index (χ0) is 18.2. The number of nitrogens with one attached hydrogen (secondary N) is 2. The van der Waals surface area contributed by atoms with Gasteiger partial charge >= 0.3 is 0 Å². The van der Waals surface area contributed by atoms with Gasteiger partial charge in [0.05, 0.1) is 12.0 Å². The van der Waals surface area contributed by atoms with Crippen LogP contribution in [0.2, 0.25) is 0 Å². The van der Waals surface area contributed by atoms with E-state index in [0.29, 0.717) is 11.3 Å².